The molecule has 0 heterocycles. The van der Waals surface area contributed by atoms with E-state index in [0.29, 0.717) is 20.4 Å². The molecule has 134 valence electrons. The van der Waals surface area contributed by atoms with Crippen LogP contribution in [0.1, 0.15) is 30.9 Å². The van der Waals surface area contributed by atoms with Crippen molar-refractivity contribution in [2.45, 2.75) is 32.2 Å². The zero-order valence-electron chi connectivity index (χ0n) is 13.8. The molecule has 7 heteroatoms. The standard InChI is InChI=1S/C18H19Br2NO4/c1-9(2)12-8-11(3-4-16(12)22)25-17-13(19)5-10(6-14(17)20)7-15(21)18(23)24/h3-6,8-9,15,22H,7,21H2,1-2H3,(H,23,24). The number of ether oxygens (including phenoxy) is 1. The Morgan fingerprint density at radius 3 is 2.32 bits per heavy atom. The van der Waals surface area contributed by atoms with Gasteiger partial charge >= 0.3 is 5.97 Å². The summed E-state index contributed by atoms with van der Waals surface area (Å²) in [5, 5.41) is 18.8. The van der Waals surface area contributed by atoms with Gasteiger partial charge in [0.05, 0.1) is 8.95 Å². The maximum absolute atomic E-state index is 10.9. The van der Waals surface area contributed by atoms with E-state index in [1.807, 2.05) is 13.8 Å². The molecule has 2 rings (SSSR count). The molecule has 0 aliphatic heterocycles. The van der Waals surface area contributed by atoms with Crippen LogP contribution in [0.25, 0.3) is 0 Å². The molecule has 0 aliphatic carbocycles. The van der Waals surface area contributed by atoms with Crippen LogP contribution in [-0.4, -0.2) is 22.2 Å². The Morgan fingerprint density at radius 1 is 1.20 bits per heavy atom. The van der Waals surface area contributed by atoms with Crippen molar-refractivity contribution in [3.05, 3.63) is 50.4 Å². The molecule has 2 aromatic rings. The van der Waals surface area contributed by atoms with Gasteiger partial charge in [-0.3, -0.25) is 4.79 Å². The van der Waals surface area contributed by atoms with E-state index in [1.165, 1.54) is 0 Å². The van der Waals surface area contributed by atoms with Crippen molar-refractivity contribution in [1.82, 2.24) is 0 Å². The van der Waals surface area contributed by atoms with Gasteiger partial charge in [-0.25, -0.2) is 0 Å². The molecule has 1 atom stereocenters. The molecule has 0 fully saturated rings. The molecule has 0 radical (unpaired) electrons. The second-order valence-corrected chi connectivity index (χ2v) is 7.72. The number of phenols is 1. The molecule has 0 aliphatic rings. The van der Waals surface area contributed by atoms with Gasteiger partial charge in [-0.1, -0.05) is 13.8 Å². The van der Waals surface area contributed by atoms with E-state index in [0.717, 1.165) is 11.1 Å². The minimum absolute atomic E-state index is 0.162. The van der Waals surface area contributed by atoms with Gasteiger partial charge < -0.3 is 20.7 Å². The van der Waals surface area contributed by atoms with E-state index >= 15 is 0 Å². The van der Waals surface area contributed by atoms with Gasteiger partial charge in [0.15, 0.2) is 5.75 Å². The van der Waals surface area contributed by atoms with Crippen LogP contribution in [0.15, 0.2) is 39.3 Å². The van der Waals surface area contributed by atoms with Crippen LogP contribution in [0.5, 0.6) is 17.2 Å². The Bertz CT molecular complexity index is 770. The Balaban J connectivity index is 2.29. The Hall–Kier alpha value is -1.57. The van der Waals surface area contributed by atoms with Crippen molar-refractivity contribution in [1.29, 1.82) is 0 Å². The Labute approximate surface area is 163 Å². The summed E-state index contributed by atoms with van der Waals surface area (Å²) in [6, 6.07) is 7.70. The largest absolute Gasteiger partial charge is 0.508 e. The predicted octanol–water partition coefficient (Wildman–Crippen LogP) is 4.79. The molecule has 5 nitrogen and oxygen atoms in total. The van der Waals surface area contributed by atoms with Crippen LogP contribution in [0.4, 0.5) is 0 Å². The molecule has 0 saturated heterocycles. The molecule has 1 unspecified atom stereocenters. The molecule has 0 saturated carbocycles. The molecule has 0 spiro atoms. The first-order valence-corrected chi connectivity index (χ1v) is 9.24. The van der Waals surface area contributed by atoms with Crippen molar-refractivity contribution >= 4 is 37.8 Å². The van der Waals surface area contributed by atoms with Crippen LogP contribution in [0.3, 0.4) is 0 Å². The van der Waals surface area contributed by atoms with Crippen LogP contribution in [0, 0.1) is 0 Å². The number of benzene rings is 2. The lowest BCUT2D eigenvalue weighted by Crippen LogP contribution is -2.32. The number of halogens is 2. The fraction of sp³-hybridized carbons (Fsp3) is 0.278. The topological polar surface area (TPSA) is 92.8 Å². The van der Waals surface area contributed by atoms with Crippen LogP contribution >= 0.6 is 31.9 Å². The highest BCUT2D eigenvalue weighted by molar-refractivity contribution is 9.11. The summed E-state index contributed by atoms with van der Waals surface area (Å²) < 4.78 is 7.29. The lowest BCUT2D eigenvalue weighted by Gasteiger charge is -2.15. The highest BCUT2D eigenvalue weighted by atomic mass is 79.9. The highest BCUT2D eigenvalue weighted by Crippen LogP contribution is 2.39. The molecule has 0 amide bonds. The number of carboxylic acid groups (broad SMARTS) is 1. The summed E-state index contributed by atoms with van der Waals surface area (Å²) in [5.41, 5.74) is 7.16. The maximum Gasteiger partial charge on any atom is 0.320 e. The lowest BCUT2D eigenvalue weighted by atomic mass is 10.0. The van der Waals surface area contributed by atoms with Gasteiger partial charge in [0.25, 0.3) is 0 Å². The second-order valence-electron chi connectivity index (χ2n) is 6.01. The van der Waals surface area contributed by atoms with Crippen molar-refractivity contribution in [2.24, 2.45) is 5.73 Å². The van der Waals surface area contributed by atoms with Gasteiger partial charge in [-0.2, -0.15) is 0 Å². The summed E-state index contributed by atoms with van der Waals surface area (Å²) in [6.45, 7) is 3.98. The van der Waals surface area contributed by atoms with Gasteiger partial charge in [0.2, 0.25) is 0 Å². The number of carboxylic acids is 1. The number of hydrogen-bond donors (Lipinski definition) is 3. The fourth-order valence-electron chi connectivity index (χ4n) is 2.35. The monoisotopic (exact) mass is 471 g/mol. The quantitative estimate of drug-likeness (QED) is 0.562. The third-order valence-corrected chi connectivity index (χ3v) is 4.85. The molecular formula is C18H19Br2NO4. The van der Waals surface area contributed by atoms with E-state index in [-0.39, 0.29) is 18.1 Å². The third kappa shape index (κ3) is 4.96. The summed E-state index contributed by atoms with van der Waals surface area (Å²) in [5.74, 6) is 0.512. The van der Waals surface area contributed by atoms with Crippen molar-refractivity contribution in [3.63, 3.8) is 0 Å². The van der Waals surface area contributed by atoms with Gasteiger partial charge in [0, 0.05) is 5.56 Å². The molecule has 0 aromatic heterocycles. The van der Waals surface area contributed by atoms with E-state index in [4.69, 9.17) is 15.6 Å². The number of carbonyl (C=O) groups is 1. The summed E-state index contributed by atoms with van der Waals surface area (Å²) in [7, 11) is 0. The summed E-state index contributed by atoms with van der Waals surface area (Å²) in [4.78, 5) is 10.9. The minimum atomic E-state index is -1.04. The predicted molar refractivity (Wildman–Crippen MR) is 103 cm³/mol. The average molecular weight is 473 g/mol. The van der Waals surface area contributed by atoms with Gasteiger partial charge in [0.1, 0.15) is 17.5 Å². The summed E-state index contributed by atoms with van der Waals surface area (Å²) in [6.07, 6.45) is 0.212. The van der Waals surface area contributed by atoms with E-state index < -0.39 is 12.0 Å². The van der Waals surface area contributed by atoms with Crippen molar-refractivity contribution in [3.8, 4) is 17.2 Å². The van der Waals surface area contributed by atoms with Crippen molar-refractivity contribution < 1.29 is 19.7 Å². The molecule has 4 N–H and O–H groups in total. The fourth-order valence-corrected chi connectivity index (χ4v) is 3.79. The number of phenolic OH excluding ortho intramolecular Hbond substituents is 1. The van der Waals surface area contributed by atoms with Crippen LogP contribution < -0.4 is 10.5 Å². The number of nitrogens with two attached hydrogens (primary N) is 1. The Morgan fingerprint density at radius 2 is 1.80 bits per heavy atom. The first kappa shape index (κ1) is 19.8. The number of aliphatic carboxylic acids is 1. The van der Waals surface area contributed by atoms with E-state index in [1.54, 1.807) is 30.3 Å². The number of rotatable bonds is 6. The smallest absolute Gasteiger partial charge is 0.320 e. The third-order valence-electron chi connectivity index (χ3n) is 3.67. The number of aromatic hydroxyl groups is 1. The van der Waals surface area contributed by atoms with E-state index in [2.05, 4.69) is 31.9 Å². The minimum Gasteiger partial charge on any atom is -0.508 e. The zero-order valence-corrected chi connectivity index (χ0v) is 17.0. The maximum atomic E-state index is 10.9. The van der Waals surface area contributed by atoms with Crippen molar-refractivity contribution in [2.75, 3.05) is 0 Å². The summed E-state index contributed by atoms with van der Waals surface area (Å²) >= 11 is 6.90. The normalized spacial score (nSPS) is 12.2. The first-order valence-electron chi connectivity index (χ1n) is 7.66. The number of hydrogen-bond acceptors (Lipinski definition) is 4. The lowest BCUT2D eigenvalue weighted by molar-refractivity contribution is -0.138. The Kier molecular flexibility index (Phi) is 6.48. The molecule has 25 heavy (non-hydrogen) atoms. The SMILES string of the molecule is CC(C)c1cc(Oc2c(Br)cc(CC(N)C(=O)O)cc2Br)ccc1O. The molecule has 2 aromatic carbocycles. The highest BCUT2D eigenvalue weighted by Gasteiger charge is 2.16. The van der Waals surface area contributed by atoms with Crippen LogP contribution in [0.2, 0.25) is 0 Å². The van der Waals surface area contributed by atoms with E-state index in [9.17, 15) is 9.90 Å². The molecular weight excluding hydrogens is 454 g/mol. The zero-order chi connectivity index (χ0) is 18.7. The van der Waals surface area contributed by atoms with Gasteiger partial charge in [-0.05, 0) is 80.1 Å². The molecule has 0 bridgehead atoms. The van der Waals surface area contributed by atoms with Gasteiger partial charge in [-0.15, -0.1) is 0 Å². The average Bonchev–Trinajstić information content (AvgIpc) is 2.52. The first-order chi connectivity index (χ1) is 11.7. The van der Waals surface area contributed by atoms with Crippen LogP contribution in [-0.2, 0) is 11.2 Å². The second kappa shape index (κ2) is 8.21.